The van der Waals surface area contributed by atoms with Crippen LogP contribution in [0.5, 0.6) is 11.5 Å². The maximum Gasteiger partial charge on any atom is 0.573 e. The maximum absolute atomic E-state index is 12.3. The third kappa shape index (κ3) is 4.18. The van der Waals surface area contributed by atoms with E-state index >= 15 is 0 Å². The molecule has 0 aliphatic rings. The van der Waals surface area contributed by atoms with E-state index in [0.29, 0.717) is 11.1 Å². The summed E-state index contributed by atoms with van der Waals surface area (Å²) in [5.41, 5.74) is 0.799. The number of hydrogen-bond donors (Lipinski definition) is 1. The summed E-state index contributed by atoms with van der Waals surface area (Å²) >= 11 is 0. The normalized spacial score (nSPS) is 12.7. The van der Waals surface area contributed by atoms with Crippen molar-refractivity contribution in [1.29, 1.82) is 0 Å². The predicted molar refractivity (Wildman–Crippen MR) is 77.4 cm³/mol. The summed E-state index contributed by atoms with van der Waals surface area (Å²) in [5, 5.41) is 13.5. The second-order valence-corrected chi connectivity index (χ2v) is 4.87. The van der Waals surface area contributed by atoms with Crippen molar-refractivity contribution in [2.45, 2.75) is 26.3 Å². The summed E-state index contributed by atoms with van der Waals surface area (Å²) in [6.07, 6.45) is -2.04. The van der Waals surface area contributed by atoms with Crippen LogP contribution in [0.1, 0.15) is 19.9 Å². The standard InChI is InChI=1S/C15H15F3N2O4/c1-3-23-14(22)9(2)20-8-11(7-19-20)10-4-5-12(21)13(6-10)24-15(16,17)18/h4-9,21H,3H2,1-2H3. The van der Waals surface area contributed by atoms with E-state index in [9.17, 15) is 23.1 Å². The van der Waals surface area contributed by atoms with Gasteiger partial charge in [-0.25, -0.2) is 4.79 Å². The van der Waals surface area contributed by atoms with Crippen LogP contribution in [0.3, 0.4) is 0 Å². The van der Waals surface area contributed by atoms with Crippen molar-refractivity contribution in [1.82, 2.24) is 9.78 Å². The van der Waals surface area contributed by atoms with Crippen LogP contribution >= 0.6 is 0 Å². The number of hydrogen-bond acceptors (Lipinski definition) is 5. The van der Waals surface area contributed by atoms with Crippen LogP contribution in [-0.2, 0) is 9.53 Å². The molecule has 0 amide bonds. The minimum absolute atomic E-state index is 0.230. The fourth-order valence-corrected chi connectivity index (χ4v) is 1.97. The molecule has 0 fully saturated rings. The van der Waals surface area contributed by atoms with Crippen molar-refractivity contribution in [3.05, 3.63) is 30.6 Å². The minimum atomic E-state index is -4.92. The molecule has 2 rings (SSSR count). The second-order valence-electron chi connectivity index (χ2n) is 4.87. The summed E-state index contributed by atoms with van der Waals surface area (Å²) in [6.45, 7) is 3.49. The minimum Gasteiger partial charge on any atom is -0.504 e. The highest BCUT2D eigenvalue weighted by Gasteiger charge is 2.32. The fraction of sp³-hybridized carbons (Fsp3) is 0.333. The van der Waals surface area contributed by atoms with Crippen molar-refractivity contribution >= 4 is 5.97 Å². The first kappa shape index (κ1) is 17.6. The van der Waals surface area contributed by atoms with E-state index in [2.05, 4.69) is 9.84 Å². The molecule has 1 heterocycles. The Balaban J connectivity index is 2.27. The van der Waals surface area contributed by atoms with Gasteiger partial charge in [0.1, 0.15) is 6.04 Å². The number of halogens is 3. The lowest BCUT2D eigenvalue weighted by Gasteiger charge is -2.11. The van der Waals surface area contributed by atoms with Crippen LogP contribution in [0, 0.1) is 0 Å². The lowest BCUT2D eigenvalue weighted by atomic mass is 10.1. The van der Waals surface area contributed by atoms with Gasteiger partial charge in [0.2, 0.25) is 0 Å². The number of aromatic hydroxyl groups is 1. The maximum atomic E-state index is 12.3. The van der Waals surface area contributed by atoms with E-state index in [-0.39, 0.29) is 6.61 Å². The van der Waals surface area contributed by atoms with E-state index in [1.54, 1.807) is 13.8 Å². The Bertz CT molecular complexity index is 728. The molecule has 0 radical (unpaired) electrons. The molecule has 0 spiro atoms. The van der Waals surface area contributed by atoms with Crippen LogP contribution in [0.2, 0.25) is 0 Å². The Morgan fingerprint density at radius 1 is 1.38 bits per heavy atom. The van der Waals surface area contributed by atoms with Crippen LogP contribution in [-0.4, -0.2) is 33.8 Å². The van der Waals surface area contributed by atoms with Gasteiger partial charge in [-0.15, -0.1) is 13.2 Å². The number of aromatic nitrogens is 2. The molecule has 130 valence electrons. The first-order valence-electron chi connectivity index (χ1n) is 7.01. The molecule has 2 aromatic rings. The average molecular weight is 344 g/mol. The smallest absolute Gasteiger partial charge is 0.504 e. The summed E-state index contributed by atoms with van der Waals surface area (Å²) in [5.74, 6) is -1.83. The molecule has 1 unspecified atom stereocenters. The Morgan fingerprint density at radius 3 is 2.71 bits per heavy atom. The Morgan fingerprint density at radius 2 is 2.08 bits per heavy atom. The van der Waals surface area contributed by atoms with Gasteiger partial charge < -0.3 is 14.6 Å². The number of ether oxygens (including phenoxy) is 2. The number of nitrogens with zero attached hydrogens (tertiary/aromatic N) is 2. The van der Waals surface area contributed by atoms with E-state index in [4.69, 9.17) is 4.74 Å². The van der Waals surface area contributed by atoms with Gasteiger partial charge in [-0.2, -0.15) is 5.10 Å². The first-order chi connectivity index (χ1) is 11.2. The average Bonchev–Trinajstić information content (AvgIpc) is 2.97. The molecule has 0 aliphatic carbocycles. The van der Waals surface area contributed by atoms with E-state index in [1.807, 2.05) is 0 Å². The number of phenols is 1. The first-order valence-corrected chi connectivity index (χ1v) is 7.01. The van der Waals surface area contributed by atoms with Crippen LogP contribution < -0.4 is 4.74 Å². The molecule has 9 heteroatoms. The lowest BCUT2D eigenvalue weighted by Crippen LogP contribution is -2.19. The van der Waals surface area contributed by atoms with Gasteiger partial charge in [0, 0.05) is 11.8 Å². The molecule has 1 aromatic heterocycles. The molecule has 1 atom stereocenters. The zero-order chi connectivity index (χ0) is 17.9. The number of alkyl halides is 3. The molecule has 0 saturated carbocycles. The van der Waals surface area contributed by atoms with E-state index in [1.165, 1.54) is 23.1 Å². The number of benzene rings is 1. The molecule has 1 aromatic carbocycles. The Kier molecular flexibility index (Phi) is 5.01. The molecule has 1 N–H and O–H groups in total. The van der Waals surface area contributed by atoms with Gasteiger partial charge in [0.05, 0.1) is 12.8 Å². The third-order valence-corrected chi connectivity index (χ3v) is 3.14. The number of esters is 1. The molecule has 24 heavy (non-hydrogen) atoms. The number of carbonyl (C=O) groups excluding carboxylic acids is 1. The van der Waals surface area contributed by atoms with Gasteiger partial charge in [-0.3, -0.25) is 4.68 Å². The zero-order valence-corrected chi connectivity index (χ0v) is 12.9. The number of carbonyl (C=O) groups is 1. The molecule has 6 nitrogen and oxygen atoms in total. The molecular weight excluding hydrogens is 329 g/mol. The SMILES string of the molecule is CCOC(=O)C(C)n1cc(-c2ccc(O)c(OC(F)(F)F)c2)cn1. The predicted octanol–water partition coefficient (Wildman–Crippen LogP) is 3.28. The monoisotopic (exact) mass is 344 g/mol. The van der Waals surface area contributed by atoms with Crippen molar-refractivity contribution < 1.29 is 32.5 Å². The largest absolute Gasteiger partial charge is 0.573 e. The molecule has 0 bridgehead atoms. The Labute approximate surface area is 135 Å². The summed E-state index contributed by atoms with van der Waals surface area (Å²) in [6, 6.07) is 2.86. The molecule has 0 saturated heterocycles. The number of rotatable bonds is 5. The molecular formula is C15H15F3N2O4. The Hall–Kier alpha value is -2.71. The van der Waals surface area contributed by atoms with Crippen LogP contribution in [0.15, 0.2) is 30.6 Å². The molecule has 0 aliphatic heterocycles. The zero-order valence-electron chi connectivity index (χ0n) is 12.9. The lowest BCUT2D eigenvalue weighted by molar-refractivity contribution is -0.275. The highest BCUT2D eigenvalue weighted by atomic mass is 19.4. The fourth-order valence-electron chi connectivity index (χ4n) is 1.97. The van der Waals surface area contributed by atoms with Crippen molar-refractivity contribution in [2.24, 2.45) is 0 Å². The van der Waals surface area contributed by atoms with Crippen LogP contribution in [0.4, 0.5) is 13.2 Å². The van der Waals surface area contributed by atoms with Gasteiger partial charge in [-0.05, 0) is 31.5 Å². The van der Waals surface area contributed by atoms with Crippen molar-refractivity contribution in [3.63, 3.8) is 0 Å². The van der Waals surface area contributed by atoms with Crippen LogP contribution in [0.25, 0.3) is 11.1 Å². The van der Waals surface area contributed by atoms with E-state index < -0.39 is 29.9 Å². The van der Waals surface area contributed by atoms with Gasteiger partial charge >= 0.3 is 12.3 Å². The topological polar surface area (TPSA) is 73.6 Å². The van der Waals surface area contributed by atoms with Gasteiger partial charge in [-0.1, -0.05) is 6.07 Å². The summed E-state index contributed by atoms with van der Waals surface area (Å²) in [4.78, 5) is 11.7. The van der Waals surface area contributed by atoms with E-state index in [0.717, 1.165) is 12.1 Å². The third-order valence-electron chi connectivity index (χ3n) is 3.14. The highest BCUT2D eigenvalue weighted by molar-refractivity contribution is 5.74. The second kappa shape index (κ2) is 6.81. The van der Waals surface area contributed by atoms with Gasteiger partial charge in [0.15, 0.2) is 11.5 Å². The van der Waals surface area contributed by atoms with Crippen molar-refractivity contribution in [3.8, 4) is 22.6 Å². The summed E-state index contributed by atoms with van der Waals surface area (Å²) < 4.78 is 47.0. The van der Waals surface area contributed by atoms with Crippen molar-refractivity contribution in [2.75, 3.05) is 6.61 Å². The van der Waals surface area contributed by atoms with Gasteiger partial charge in [0.25, 0.3) is 0 Å². The number of phenolic OH excluding ortho intramolecular Hbond substituents is 1. The summed E-state index contributed by atoms with van der Waals surface area (Å²) in [7, 11) is 0. The highest BCUT2D eigenvalue weighted by Crippen LogP contribution is 2.35. The quantitative estimate of drug-likeness (QED) is 0.843.